The van der Waals surface area contributed by atoms with Gasteiger partial charge in [-0.1, -0.05) is 0 Å². The van der Waals surface area contributed by atoms with Crippen LogP contribution in [0.2, 0.25) is 0 Å². The number of fused-ring (bicyclic) bond motifs is 1. The summed E-state index contributed by atoms with van der Waals surface area (Å²) in [5.74, 6) is 0.129. The Bertz CT molecular complexity index is 1030. The first-order chi connectivity index (χ1) is 14.6. The van der Waals surface area contributed by atoms with E-state index in [0.717, 1.165) is 35.4 Å². The van der Waals surface area contributed by atoms with Gasteiger partial charge in [-0.05, 0) is 61.2 Å². The zero-order chi connectivity index (χ0) is 20.9. The van der Waals surface area contributed by atoms with E-state index >= 15 is 0 Å². The number of methoxy groups -OCH3 is 1. The first-order valence-electron chi connectivity index (χ1n) is 9.75. The van der Waals surface area contributed by atoms with Crippen LogP contribution in [0.5, 0.6) is 5.75 Å². The molecule has 0 aliphatic heterocycles. The number of rotatable bonds is 6. The second-order valence-corrected chi connectivity index (χ2v) is 8.11. The van der Waals surface area contributed by atoms with Gasteiger partial charge in [-0.3, -0.25) is 19.9 Å². The molecule has 1 aromatic carbocycles. The van der Waals surface area contributed by atoms with Crippen molar-refractivity contribution in [3.8, 4) is 5.75 Å². The topological polar surface area (TPSA) is 93.2 Å². The third-order valence-electron chi connectivity index (χ3n) is 5.06. The number of carbonyl (C=O) groups is 2. The lowest BCUT2D eigenvalue weighted by Gasteiger charge is -2.20. The van der Waals surface area contributed by atoms with E-state index in [2.05, 4.69) is 20.6 Å². The zero-order valence-corrected chi connectivity index (χ0v) is 17.4. The number of nitrogens with zero attached hydrogens (tertiary/aromatic N) is 2. The number of anilines is 1. The molecule has 0 bridgehead atoms. The average Bonchev–Trinajstić information content (AvgIpc) is 3.20. The van der Waals surface area contributed by atoms with Crippen molar-refractivity contribution in [3.05, 3.63) is 70.5 Å². The summed E-state index contributed by atoms with van der Waals surface area (Å²) in [4.78, 5) is 35.0. The Hall–Kier alpha value is -3.26. The number of nitrogens with one attached hydrogen (secondary N) is 2. The largest absolute Gasteiger partial charge is 0.497 e. The highest BCUT2D eigenvalue weighted by molar-refractivity contribution is 7.16. The van der Waals surface area contributed by atoms with Crippen molar-refractivity contribution in [1.82, 2.24) is 15.3 Å². The second kappa shape index (κ2) is 9.04. The quantitative estimate of drug-likeness (QED) is 0.634. The van der Waals surface area contributed by atoms with E-state index in [1.54, 1.807) is 43.8 Å². The van der Waals surface area contributed by atoms with E-state index < -0.39 is 0 Å². The summed E-state index contributed by atoms with van der Waals surface area (Å²) in [5, 5.41) is 6.38. The molecule has 3 aromatic rings. The van der Waals surface area contributed by atoms with Gasteiger partial charge in [0, 0.05) is 29.4 Å². The van der Waals surface area contributed by atoms with Crippen LogP contribution >= 0.6 is 11.3 Å². The molecular weight excluding hydrogens is 400 g/mol. The Morgan fingerprint density at radius 1 is 1.17 bits per heavy atom. The van der Waals surface area contributed by atoms with E-state index in [1.807, 2.05) is 12.1 Å². The maximum atomic E-state index is 12.8. The number of aryl methyl sites for hydroxylation is 1. The summed E-state index contributed by atoms with van der Waals surface area (Å²) < 4.78 is 5.12. The number of thiazole rings is 1. The fourth-order valence-corrected chi connectivity index (χ4v) is 4.51. The third-order valence-corrected chi connectivity index (χ3v) is 6.11. The van der Waals surface area contributed by atoms with E-state index in [1.165, 1.54) is 11.3 Å². The number of hydrogen-bond acceptors (Lipinski definition) is 6. The first kappa shape index (κ1) is 20.0. The van der Waals surface area contributed by atoms with Crippen molar-refractivity contribution >= 4 is 28.3 Å². The molecule has 8 heteroatoms. The normalized spacial score (nSPS) is 15.2. The molecule has 154 valence electrons. The van der Waals surface area contributed by atoms with E-state index in [4.69, 9.17) is 4.74 Å². The number of benzene rings is 1. The minimum Gasteiger partial charge on any atom is -0.497 e. The number of amides is 2. The van der Waals surface area contributed by atoms with Gasteiger partial charge in [0.15, 0.2) is 5.13 Å². The summed E-state index contributed by atoms with van der Waals surface area (Å²) in [6.07, 6.45) is 5.97. The molecular formula is C22H22N4O3S. The lowest BCUT2D eigenvalue weighted by atomic mass is 9.90. The molecule has 2 heterocycles. The minimum absolute atomic E-state index is 0.0360. The van der Waals surface area contributed by atoms with Crippen LogP contribution in [0.1, 0.15) is 45.3 Å². The number of ether oxygens (including phenoxy) is 1. The molecule has 2 amide bonds. The van der Waals surface area contributed by atoms with E-state index in [9.17, 15) is 9.59 Å². The number of carbonyl (C=O) groups excluding carboxylic acids is 2. The standard InChI is InChI=1S/C22H22N4O3S/c1-29-16-7-5-15(6-8-16)20(27)26-22-25-19-17(3-2-4-18(19)30-22)21(28)24-13-14-9-11-23-12-10-14/h5-12,17H,2-4,13H2,1H3,(H,24,28)(H,25,26,27)/t17-/m0/s1. The zero-order valence-electron chi connectivity index (χ0n) is 16.6. The second-order valence-electron chi connectivity index (χ2n) is 7.03. The SMILES string of the molecule is COc1ccc(C(=O)Nc2nc3c(s2)CCC[C@@H]3C(=O)NCc2ccncc2)cc1. The molecule has 1 atom stereocenters. The summed E-state index contributed by atoms with van der Waals surface area (Å²) in [6, 6.07) is 10.6. The van der Waals surface area contributed by atoms with Crippen LogP contribution in [0.3, 0.4) is 0 Å². The number of pyridine rings is 1. The Morgan fingerprint density at radius 3 is 2.67 bits per heavy atom. The van der Waals surface area contributed by atoms with Crippen molar-refractivity contribution in [1.29, 1.82) is 0 Å². The Kier molecular flexibility index (Phi) is 6.04. The minimum atomic E-state index is -0.293. The molecule has 7 nitrogen and oxygen atoms in total. The Morgan fingerprint density at radius 2 is 1.93 bits per heavy atom. The van der Waals surface area contributed by atoms with Gasteiger partial charge in [-0.25, -0.2) is 4.98 Å². The molecule has 1 aliphatic carbocycles. The summed E-state index contributed by atoms with van der Waals surface area (Å²) >= 11 is 1.45. The molecule has 0 fully saturated rings. The number of aromatic nitrogens is 2. The predicted octanol–water partition coefficient (Wildman–Crippen LogP) is 3.54. The van der Waals surface area contributed by atoms with Crippen molar-refractivity contribution < 1.29 is 14.3 Å². The molecule has 30 heavy (non-hydrogen) atoms. The van der Waals surface area contributed by atoms with Gasteiger partial charge in [0.1, 0.15) is 5.75 Å². The van der Waals surface area contributed by atoms with Crippen LogP contribution in [0.25, 0.3) is 0 Å². The molecule has 0 unspecified atom stereocenters. The van der Waals surface area contributed by atoms with E-state index in [-0.39, 0.29) is 17.7 Å². The lowest BCUT2D eigenvalue weighted by Crippen LogP contribution is -2.31. The van der Waals surface area contributed by atoms with Crippen LogP contribution in [-0.4, -0.2) is 28.9 Å². The van der Waals surface area contributed by atoms with Gasteiger partial charge in [-0.15, -0.1) is 11.3 Å². The van der Waals surface area contributed by atoms with E-state index in [0.29, 0.717) is 23.0 Å². The molecule has 2 N–H and O–H groups in total. The smallest absolute Gasteiger partial charge is 0.257 e. The van der Waals surface area contributed by atoms with Gasteiger partial charge in [-0.2, -0.15) is 0 Å². The molecule has 2 aromatic heterocycles. The van der Waals surface area contributed by atoms with Crippen LogP contribution < -0.4 is 15.4 Å². The van der Waals surface area contributed by atoms with Crippen molar-refractivity contribution in [3.63, 3.8) is 0 Å². The monoisotopic (exact) mass is 422 g/mol. The molecule has 0 radical (unpaired) electrons. The van der Waals surface area contributed by atoms with Crippen molar-refractivity contribution in [2.45, 2.75) is 31.7 Å². The van der Waals surface area contributed by atoms with Crippen molar-refractivity contribution in [2.75, 3.05) is 12.4 Å². The maximum Gasteiger partial charge on any atom is 0.257 e. The highest BCUT2D eigenvalue weighted by Crippen LogP contribution is 2.37. The predicted molar refractivity (Wildman–Crippen MR) is 115 cm³/mol. The van der Waals surface area contributed by atoms with Gasteiger partial charge in [0.2, 0.25) is 5.91 Å². The maximum absolute atomic E-state index is 12.8. The van der Waals surface area contributed by atoms with Gasteiger partial charge in [0.25, 0.3) is 5.91 Å². The molecule has 0 saturated carbocycles. The van der Waals surface area contributed by atoms with Gasteiger partial charge >= 0.3 is 0 Å². The fourth-order valence-electron chi connectivity index (χ4n) is 3.45. The third kappa shape index (κ3) is 4.49. The van der Waals surface area contributed by atoms with Crippen LogP contribution in [-0.2, 0) is 17.8 Å². The van der Waals surface area contributed by atoms with Crippen LogP contribution in [0.15, 0.2) is 48.8 Å². The molecule has 1 aliphatic rings. The average molecular weight is 423 g/mol. The fraction of sp³-hybridized carbons (Fsp3) is 0.273. The summed E-state index contributed by atoms with van der Waals surface area (Å²) in [5.41, 5.74) is 2.30. The highest BCUT2D eigenvalue weighted by Gasteiger charge is 2.30. The Labute approximate surface area is 178 Å². The van der Waals surface area contributed by atoms with Gasteiger partial charge < -0.3 is 10.1 Å². The number of hydrogen-bond donors (Lipinski definition) is 2. The highest BCUT2D eigenvalue weighted by atomic mass is 32.1. The summed E-state index contributed by atoms with van der Waals surface area (Å²) in [7, 11) is 1.58. The molecule has 0 saturated heterocycles. The lowest BCUT2D eigenvalue weighted by molar-refractivity contribution is -0.123. The van der Waals surface area contributed by atoms with Gasteiger partial charge in [0.05, 0.1) is 18.7 Å². The van der Waals surface area contributed by atoms with Crippen LogP contribution in [0.4, 0.5) is 5.13 Å². The molecule has 0 spiro atoms. The molecule has 4 rings (SSSR count). The first-order valence-corrected chi connectivity index (χ1v) is 10.6. The van der Waals surface area contributed by atoms with Crippen molar-refractivity contribution in [2.24, 2.45) is 0 Å². The Balaban J connectivity index is 1.44. The van der Waals surface area contributed by atoms with Crippen LogP contribution in [0, 0.1) is 0 Å². The summed E-state index contributed by atoms with van der Waals surface area (Å²) in [6.45, 7) is 0.457.